The monoisotopic (exact) mass is 338 g/mol. The molecular weight excluding hydrogens is 327 g/mol. The van der Waals surface area contributed by atoms with Gasteiger partial charge in [0.1, 0.15) is 5.15 Å². The summed E-state index contributed by atoms with van der Waals surface area (Å²) in [7, 11) is -3.64. The number of pyridine rings is 1. The lowest BCUT2D eigenvalue weighted by molar-refractivity contribution is -0.117. The zero-order valence-corrected chi connectivity index (χ0v) is 12.5. The molecule has 0 bridgehead atoms. The van der Waals surface area contributed by atoms with Crippen LogP contribution >= 0.6 is 23.2 Å². The number of carbonyl (C=O) groups excluding carboxylic acids is 1. The van der Waals surface area contributed by atoms with E-state index in [0.29, 0.717) is 5.69 Å². The van der Waals surface area contributed by atoms with Crippen LogP contribution in [0.25, 0.3) is 0 Å². The maximum atomic E-state index is 12.0. The third-order valence-electron chi connectivity index (χ3n) is 2.92. The molecule has 4 N–H and O–H groups in total. The third kappa shape index (κ3) is 3.32. The molecule has 10 heteroatoms. The highest BCUT2D eigenvalue weighted by atomic mass is 35.5. The largest absolute Gasteiger partial charge is 0.395 e. The van der Waals surface area contributed by atoms with Crippen molar-refractivity contribution in [2.75, 3.05) is 22.9 Å². The van der Waals surface area contributed by atoms with Crippen LogP contribution in [0, 0.1) is 5.92 Å². The molecule has 2 heterocycles. The zero-order chi connectivity index (χ0) is 15.1. The van der Waals surface area contributed by atoms with Gasteiger partial charge in [0, 0.05) is 24.9 Å². The normalized spacial score (nSPS) is 19.6. The molecule has 1 amide bonds. The van der Waals surface area contributed by atoms with Gasteiger partial charge in [0.15, 0.2) is 5.15 Å². The van der Waals surface area contributed by atoms with Gasteiger partial charge in [-0.2, -0.15) is 0 Å². The summed E-state index contributed by atoms with van der Waals surface area (Å²) >= 11 is 11.6. The number of anilines is 2. The van der Waals surface area contributed by atoms with Gasteiger partial charge in [0.25, 0.3) is 0 Å². The Bertz CT molecular complexity index is 665. The van der Waals surface area contributed by atoms with Crippen LogP contribution in [-0.4, -0.2) is 31.6 Å². The Morgan fingerprint density at radius 2 is 2.10 bits per heavy atom. The topological polar surface area (TPSA) is 119 Å². The molecule has 7 nitrogen and oxygen atoms in total. The molecule has 1 atom stereocenters. The van der Waals surface area contributed by atoms with Crippen molar-refractivity contribution in [1.29, 1.82) is 0 Å². The molecule has 0 spiro atoms. The number of nitrogens with zero attached hydrogens (tertiary/aromatic N) is 2. The van der Waals surface area contributed by atoms with E-state index in [-0.39, 0.29) is 46.5 Å². The van der Waals surface area contributed by atoms with Crippen molar-refractivity contribution in [3.05, 3.63) is 16.4 Å². The molecule has 20 heavy (non-hydrogen) atoms. The maximum absolute atomic E-state index is 12.0. The summed E-state index contributed by atoms with van der Waals surface area (Å²) < 4.78 is 22.2. The molecule has 2 rings (SSSR count). The Balaban J connectivity index is 2.29. The molecule has 0 aromatic carbocycles. The van der Waals surface area contributed by atoms with Crippen LogP contribution in [0.15, 0.2) is 6.07 Å². The van der Waals surface area contributed by atoms with Crippen molar-refractivity contribution in [2.24, 2.45) is 11.1 Å². The van der Waals surface area contributed by atoms with Crippen LogP contribution in [0.3, 0.4) is 0 Å². The van der Waals surface area contributed by atoms with E-state index in [0.717, 1.165) is 0 Å². The van der Waals surface area contributed by atoms with Gasteiger partial charge < -0.3 is 10.6 Å². The highest BCUT2D eigenvalue weighted by Gasteiger charge is 2.34. The van der Waals surface area contributed by atoms with E-state index in [2.05, 4.69) is 4.98 Å². The number of amides is 1. The minimum atomic E-state index is -3.64. The van der Waals surface area contributed by atoms with Gasteiger partial charge in [0.05, 0.1) is 17.1 Å². The van der Waals surface area contributed by atoms with Gasteiger partial charge in [-0.3, -0.25) is 4.79 Å². The van der Waals surface area contributed by atoms with Crippen LogP contribution in [0.4, 0.5) is 11.4 Å². The van der Waals surface area contributed by atoms with Crippen molar-refractivity contribution < 1.29 is 13.2 Å². The van der Waals surface area contributed by atoms with Crippen molar-refractivity contribution in [3.8, 4) is 0 Å². The SMILES string of the molecule is Nc1c(N2CC(CS(N)(=O)=O)CC2=O)cc(Cl)nc1Cl. The quantitative estimate of drug-likeness (QED) is 0.782. The summed E-state index contributed by atoms with van der Waals surface area (Å²) in [5, 5.41) is 5.08. The Labute approximate surface area is 125 Å². The lowest BCUT2D eigenvalue weighted by Crippen LogP contribution is -2.28. The number of hydrogen-bond donors (Lipinski definition) is 2. The summed E-state index contributed by atoms with van der Waals surface area (Å²) in [5.74, 6) is -0.909. The molecule has 0 radical (unpaired) electrons. The first-order chi connectivity index (χ1) is 9.17. The first-order valence-electron chi connectivity index (χ1n) is 5.59. The average Bonchev–Trinajstić information content (AvgIpc) is 2.62. The zero-order valence-electron chi connectivity index (χ0n) is 10.2. The van der Waals surface area contributed by atoms with E-state index in [1.54, 1.807) is 0 Å². The van der Waals surface area contributed by atoms with Crippen molar-refractivity contribution in [2.45, 2.75) is 6.42 Å². The molecular formula is C10H12Cl2N4O3S. The third-order valence-corrected chi connectivity index (χ3v) is 4.34. The lowest BCUT2D eigenvalue weighted by atomic mass is 10.1. The van der Waals surface area contributed by atoms with Gasteiger partial charge in [-0.15, -0.1) is 0 Å². The van der Waals surface area contributed by atoms with E-state index < -0.39 is 10.0 Å². The number of carbonyl (C=O) groups is 1. The highest BCUT2D eigenvalue weighted by molar-refractivity contribution is 7.89. The number of sulfonamides is 1. The molecule has 1 fully saturated rings. The minimum Gasteiger partial charge on any atom is -0.395 e. The Kier molecular flexibility index (Phi) is 4.10. The number of rotatable bonds is 3. The standard InChI is InChI=1S/C10H12Cl2N4O3S/c11-7-2-6(9(13)10(12)15-7)16-3-5(1-8(16)17)4-20(14,18)19/h2,5H,1,3-4,13H2,(H2,14,18,19). The van der Waals surface area contributed by atoms with Crippen LogP contribution in [0.2, 0.25) is 10.3 Å². The molecule has 0 saturated carbocycles. The van der Waals surface area contributed by atoms with E-state index in [1.165, 1.54) is 11.0 Å². The van der Waals surface area contributed by atoms with E-state index >= 15 is 0 Å². The van der Waals surface area contributed by atoms with Crippen LogP contribution in [0.5, 0.6) is 0 Å². The first kappa shape index (κ1) is 15.3. The number of halogens is 2. The van der Waals surface area contributed by atoms with E-state index in [9.17, 15) is 13.2 Å². The fourth-order valence-electron chi connectivity index (χ4n) is 2.16. The molecule has 0 aliphatic carbocycles. The number of aromatic nitrogens is 1. The number of hydrogen-bond acceptors (Lipinski definition) is 5. The van der Waals surface area contributed by atoms with Crippen molar-refractivity contribution in [1.82, 2.24) is 4.98 Å². The summed E-state index contributed by atoms with van der Waals surface area (Å²) in [6, 6.07) is 1.42. The summed E-state index contributed by atoms with van der Waals surface area (Å²) in [6.07, 6.45) is 0.0768. The fraction of sp³-hybridized carbons (Fsp3) is 0.400. The number of nitrogen functional groups attached to an aromatic ring is 1. The average molecular weight is 339 g/mol. The molecule has 1 aliphatic rings. The smallest absolute Gasteiger partial charge is 0.227 e. The minimum absolute atomic E-state index is 0.00445. The number of primary sulfonamides is 1. The predicted molar refractivity (Wildman–Crippen MR) is 77.1 cm³/mol. The van der Waals surface area contributed by atoms with Gasteiger partial charge in [-0.05, 0) is 0 Å². The predicted octanol–water partition coefficient (Wildman–Crippen LogP) is 0.612. The summed E-state index contributed by atoms with van der Waals surface area (Å²) in [6.45, 7) is 0.191. The van der Waals surface area contributed by atoms with Gasteiger partial charge >= 0.3 is 0 Å². The van der Waals surface area contributed by atoms with Crippen LogP contribution in [-0.2, 0) is 14.8 Å². The highest BCUT2D eigenvalue weighted by Crippen LogP contribution is 2.35. The van der Waals surface area contributed by atoms with Crippen molar-refractivity contribution >= 4 is 50.5 Å². The molecule has 1 saturated heterocycles. The Morgan fingerprint density at radius 1 is 1.45 bits per heavy atom. The summed E-state index contributed by atoms with van der Waals surface area (Å²) in [5.41, 5.74) is 6.23. The maximum Gasteiger partial charge on any atom is 0.227 e. The van der Waals surface area contributed by atoms with Gasteiger partial charge in [-0.25, -0.2) is 18.5 Å². The Hall–Kier alpha value is -1.09. The Morgan fingerprint density at radius 3 is 2.70 bits per heavy atom. The van der Waals surface area contributed by atoms with Crippen LogP contribution < -0.4 is 15.8 Å². The second-order valence-corrected chi connectivity index (χ2v) is 6.98. The van der Waals surface area contributed by atoms with E-state index in [1.807, 2.05) is 0 Å². The van der Waals surface area contributed by atoms with Crippen molar-refractivity contribution in [3.63, 3.8) is 0 Å². The first-order valence-corrected chi connectivity index (χ1v) is 8.07. The second-order valence-electron chi connectivity index (χ2n) is 4.57. The number of nitrogens with two attached hydrogens (primary N) is 2. The fourth-order valence-corrected chi connectivity index (χ4v) is 3.46. The van der Waals surface area contributed by atoms with Gasteiger partial charge in [0.2, 0.25) is 15.9 Å². The van der Waals surface area contributed by atoms with E-state index in [4.69, 9.17) is 34.1 Å². The van der Waals surface area contributed by atoms with Crippen LogP contribution in [0.1, 0.15) is 6.42 Å². The molecule has 1 aromatic rings. The molecule has 1 aromatic heterocycles. The summed E-state index contributed by atoms with van der Waals surface area (Å²) in [4.78, 5) is 17.1. The molecule has 1 unspecified atom stereocenters. The molecule has 1 aliphatic heterocycles. The second kappa shape index (κ2) is 5.36. The molecule has 110 valence electrons. The van der Waals surface area contributed by atoms with Gasteiger partial charge in [-0.1, -0.05) is 23.2 Å². The lowest BCUT2D eigenvalue weighted by Gasteiger charge is -2.19.